The van der Waals surface area contributed by atoms with Crippen molar-refractivity contribution in [3.05, 3.63) is 64.7 Å². The van der Waals surface area contributed by atoms with Crippen molar-refractivity contribution in [1.82, 2.24) is 0 Å². The van der Waals surface area contributed by atoms with Crippen LogP contribution in [0.1, 0.15) is 93.2 Å². The third-order valence-corrected chi connectivity index (χ3v) is 8.75. The van der Waals surface area contributed by atoms with E-state index in [9.17, 15) is 0 Å². The third kappa shape index (κ3) is 3.29. The first-order valence-corrected chi connectivity index (χ1v) is 12.2. The van der Waals surface area contributed by atoms with Crippen molar-refractivity contribution in [2.24, 2.45) is 11.3 Å². The van der Waals surface area contributed by atoms with Crippen LogP contribution in [0.25, 0.3) is 17.2 Å². The van der Waals surface area contributed by atoms with E-state index < -0.39 is 0 Å². The van der Waals surface area contributed by atoms with Gasteiger partial charge in [0.15, 0.2) is 0 Å². The summed E-state index contributed by atoms with van der Waals surface area (Å²) in [5.74, 6) is 1.85. The molecule has 0 heterocycles. The quantitative estimate of drug-likeness (QED) is 0.498. The largest absolute Gasteiger partial charge is 0.0646 e. The van der Waals surface area contributed by atoms with Crippen molar-refractivity contribution < 1.29 is 0 Å². The zero-order chi connectivity index (χ0) is 19.3. The second-order valence-corrected chi connectivity index (χ2v) is 10.6. The van der Waals surface area contributed by atoms with Crippen LogP contribution >= 0.6 is 0 Å². The van der Waals surface area contributed by atoms with Gasteiger partial charge in [0.1, 0.15) is 0 Å². The van der Waals surface area contributed by atoms with Gasteiger partial charge < -0.3 is 0 Å². The molecule has 4 aliphatic carbocycles. The Morgan fingerprint density at radius 3 is 2.34 bits per heavy atom. The first-order valence-electron chi connectivity index (χ1n) is 12.2. The van der Waals surface area contributed by atoms with Crippen LogP contribution in [0.15, 0.2) is 48.0 Å². The molecule has 6 rings (SSSR count). The van der Waals surface area contributed by atoms with Crippen molar-refractivity contribution in [2.75, 3.05) is 0 Å². The Balaban J connectivity index is 1.26. The van der Waals surface area contributed by atoms with E-state index in [1.165, 1.54) is 93.7 Å². The molecule has 29 heavy (non-hydrogen) atoms. The van der Waals surface area contributed by atoms with E-state index in [4.69, 9.17) is 0 Å². The topological polar surface area (TPSA) is 0 Å². The summed E-state index contributed by atoms with van der Waals surface area (Å²) in [6, 6.07) is 16.6. The lowest BCUT2D eigenvalue weighted by atomic mass is 9.78. The van der Waals surface area contributed by atoms with Crippen molar-refractivity contribution in [2.45, 2.75) is 83.0 Å². The highest BCUT2D eigenvalue weighted by molar-refractivity contribution is 5.81. The molecule has 0 spiro atoms. The highest BCUT2D eigenvalue weighted by atomic mass is 14.5. The fraction of sp³-hybridized carbons (Fsp3) is 0.517. The fourth-order valence-electron chi connectivity index (χ4n) is 7.21. The highest BCUT2D eigenvalue weighted by Gasteiger charge is 2.45. The Labute approximate surface area is 176 Å². The van der Waals surface area contributed by atoms with Gasteiger partial charge in [0, 0.05) is 0 Å². The summed E-state index contributed by atoms with van der Waals surface area (Å²) in [6.07, 6.45) is 19.6. The van der Waals surface area contributed by atoms with Crippen LogP contribution in [0.5, 0.6) is 0 Å². The predicted molar refractivity (Wildman–Crippen MR) is 123 cm³/mol. The fourth-order valence-corrected chi connectivity index (χ4v) is 7.21. The van der Waals surface area contributed by atoms with Gasteiger partial charge in [0.05, 0.1) is 0 Å². The molecule has 0 atom stereocenters. The van der Waals surface area contributed by atoms with Crippen molar-refractivity contribution in [3.63, 3.8) is 0 Å². The molecule has 0 nitrogen and oxygen atoms in total. The molecular formula is C29H34. The van der Waals surface area contributed by atoms with E-state index in [2.05, 4.69) is 48.5 Å². The minimum absolute atomic E-state index is 0.667. The Bertz CT molecular complexity index is 915. The van der Waals surface area contributed by atoms with E-state index >= 15 is 0 Å². The van der Waals surface area contributed by atoms with Crippen LogP contribution < -0.4 is 0 Å². The van der Waals surface area contributed by atoms with Crippen LogP contribution in [-0.4, -0.2) is 0 Å². The lowest BCUT2D eigenvalue weighted by Gasteiger charge is -2.27. The smallest absolute Gasteiger partial charge is 0.00574 e. The predicted octanol–water partition coefficient (Wildman–Crippen LogP) is 8.31. The minimum atomic E-state index is 0.667. The lowest BCUT2D eigenvalue weighted by Crippen LogP contribution is -2.14. The second-order valence-electron chi connectivity index (χ2n) is 10.6. The van der Waals surface area contributed by atoms with Gasteiger partial charge in [-0.3, -0.25) is 0 Å². The molecule has 0 heteroatoms. The number of benzene rings is 2. The monoisotopic (exact) mass is 382 g/mol. The summed E-state index contributed by atoms with van der Waals surface area (Å²) < 4.78 is 0. The van der Waals surface area contributed by atoms with E-state index in [-0.39, 0.29) is 0 Å². The standard InChI is InChI=1S/C29H34/c1-2-5-23(6-3-1)24-9-11-25(12-10-24)27-8-4-7-26-17-22(18-28(26)27)20-29-15-13-21(19-29)14-16-29/h4,7-12,18,21,23H,1-3,5-6,13-17,19-20H2. The molecule has 0 radical (unpaired) electrons. The maximum atomic E-state index is 2.57. The molecule has 0 saturated heterocycles. The molecule has 0 amide bonds. The van der Waals surface area contributed by atoms with Crippen LogP contribution in [0.4, 0.5) is 0 Å². The van der Waals surface area contributed by atoms with Gasteiger partial charge in [-0.05, 0) is 103 Å². The van der Waals surface area contributed by atoms with Crippen molar-refractivity contribution >= 4 is 6.08 Å². The average Bonchev–Trinajstić information content (AvgIpc) is 3.48. The number of rotatable bonds is 4. The molecule has 150 valence electrons. The molecule has 0 N–H and O–H groups in total. The van der Waals surface area contributed by atoms with Crippen LogP contribution in [0.3, 0.4) is 0 Å². The normalized spacial score (nSPS) is 28.6. The van der Waals surface area contributed by atoms with Gasteiger partial charge in [0.2, 0.25) is 0 Å². The number of fused-ring (bicyclic) bond motifs is 3. The molecule has 2 aromatic rings. The van der Waals surface area contributed by atoms with Crippen molar-refractivity contribution in [3.8, 4) is 11.1 Å². The zero-order valence-electron chi connectivity index (χ0n) is 17.8. The van der Waals surface area contributed by atoms with Gasteiger partial charge in [-0.2, -0.15) is 0 Å². The average molecular weight is 383 g/mol. The summed E-state index contributed by atoms with van der Waals surface area (Å²) in [6.45, 7) is 0. The molecule has 3 saturated carbocycles. The van der Waals surface area contributed by atoms with Crippen LogP contribution in [-0.2, 0) is 6.42 Å². The van der Waals surface area contributed by atoms with Crippen LogP contribution in [0, 0.1) is 11.3 Å². The van der Waals surface area contributed by atoms with E-state index in [1.54, 1.807) is 16.7 Å². The highest BCUT2D eigenvalue weighted by Crippen LogP contribution is 2.57. The molecular weight excluding hydrogens is 348 g/mol. The first-order chi connectivity index (χ1) is 14.3. The van der Waals surface area contributed by atoms with Gasteiger partial charge in [-0.1, -0.05) is 73.4 Å². The Morgan fingerprint density at radius 2 is 1.62 bits per heavy atom. The Morgan fingerprint density at radius 1 is 0.828 bits per heavy atom. The summed E-state index contributed by atoms with van der Waals surface area (Å²) in [5, 5.41) is 0. The first kappa shape index (κ1) is 18.0. The van der Waals surface area contributed by atoms with Gasteiger partial charge in [0.25, 0.3) is 0 Å². The second kappa shape index (κ2) is 7.15. The maximum Gasteiger partial charge on any atom is -0.00574 e. The minimum Gasteiger partial charge on any atom is -0.0646 e. The number of hydrogen-bond donors (Lipinski definition) is 0. The third-order valence-electron chi connectivity index (χ3n) is 8.75. The van der Waals surface area contributed by atoms with Gasteiger partial charge in [-0.15, -0.1) is 0 Å². The number of allylic oxidation sites excluding steroid dienone is 1. The van der Waals surface area contributed by atoms with Gasteiger partial charge in [-0.25, -0.2) is 0 Å². The summed E-state index contributed by atoms with van der Waals surface area (Å²) in [4.78, 5) is 0. The summed E-state index contributed by atoms with van der Waals surface area (Å²) in [7, 11) is 0. The summed E-state index contributed by atoms with van der Waals surface area (Å²) >= 11 is 0. The van der Waals surface area contributed by atoms with E-state index in [1.807, 2.05) is 0 Å². The molecule has 2 aromatic carbocycles. The molecule has 4 aliphatic rings. The zero-order valence-corrected chi connectivity index (χ0v) is 17.8. The SMILES string of the molecule is C1=C(CC23CCC(CC2)C3)Cc2cccc(-c3ccc(C4CCCCC4)cc3)c21. The van der Waals surface area contributed by atoms with Crippen molar-refractivity contribution in [1.29, 1.82) is 0 Å². The molecule has 0 aliphatic heterocycles. The Kier molecular flexibility index (Phi) is 4.44. The molecule has 0 aromatic heterocycles. The van der Waals surface area contributed by atoms with E-state index in [0.29, 0.717) is 5.41 Å². The maximum absolute atomic E-state index is 2.57. The molecule has 0 unspecified atom stereocenters. The summed E-state index contributed by atoms with van der Waals surface area (Å²) in [5.41, 5.74) is 9.84. The molecule has 3 fully saturated rings. The molecule has 2 bridgehead atoms. The van der Waals surface area contributed by atoms with Gasteiger partial charge >= 0.3 is 0 Å². The van der Waals surface area contributed by atoms with E-state index in [0.717, 1.165) is 11.8 Å². The lowest BCUT2D eigenvalue weighted by molar-refractivity contribution is 0.291. The Hall–Kier alpha value is -1.82. The van der Waals surface area contributed by atoms with Crippen LogP contribution in [0.2, 0.25) is 0 Å². The number of hydrogen-bond acceptors (Lipinski definition) is 0.